The summed E-state index contributed by atoms with van der Waals surface area (Å²) in [6.45, 7) is 4.65. The topological polar surface area (TPSA) is 50.4 Å². The normalized spacial score (nSPS) is 11.9. The lowest BCUT2D eigenvalue weighted by molar-refractivity contribution is 0.632. The fraction of sp³-hybridized carbons (Fsp3) is 0.364. The van der Waals surface area contributed by atoms with Gasteiger partial charge in [-0.1, -0.05) is 31.5 Å². The molecule has 0 saturated heterocycles. The smallest absolute Gasteiger partial charge is 0.193 e. The molecule has 0 saturated carbocycles. The van der Waals surface area contributed by atoms with Crippen molar-refractivity contribution in [3.8, 4) is 0 Å². The third kappa shape index (κ3) is 3.70. The summed E-state index contributed by atoms with van der Waals surface area (Å²) in [4.78, 5) is 4.06. The highest BCUT2D eigenvalue weighted by Crippen LogP contribution is 2.21. The molecule has 0 bridgehead atoms. The van der Waals surface area contributed by atoms with Gasteiger partial charge in [-0.3, -0.25) is 4.99 Å². The summed E-state index contributed by atoms with van der Waals surface area (Å²) in [5.74, 6) is 0.0753. The zero-order valence-electron chi connectivity index (χ0n) is 9.30. The maximum Gasteiger partial charge on any atom is 0.193 e. The maximum atomic E-state index is 13.5. The first-order chi connectivity index (χ1) is 7.50. The van der Waals surface area contributed by atoms with Crippen molar-refractivity contribution in [2.45, 2.75) is 13.8 Å². The molecule has 0 spiro atoms. The van der Waals surface area contributed by atoms with Crippen LogP contribution in [0, 0.1) is 11.7 Å². The molecule has 0 aliphatic carbocycles. The molecule has 0 heterocycles. The van der Waals surface area contributed by atoms with Gasteiger partial charge in [0.2, 0.25) is 0 Å². The molecule has 5 heteroatoms. The van der Waals surface area contributed by atoms with Gasteiger partial charge in [0.25, 0.3) is 0 Å². The van der Waals surface area contributed by atoms with Gasteiger partial charge in [-0.05, 0) is 18.1 Å². The molecule has 0 aromatic heterocycles. The third-order valence-corrected chi connectivity index (χ3v) is 2.13. The summed E-state index contributed by atoms with van der Waals surface area (Å²) in [7, 11) is 0. The first kappa shape index (κ1) is 12.8. The molecule has 0 amide bonds. The number of anilines is 1. The number of rotatable bonds is 3. The van der Waals surface area contributed by atoms with Gasteiger partial charge in [-0.2, -0.15) is 0 Å². The van der Waals surface area contributed by atoms with Crippen LogP contribution in [0.25, 0.3) is 0 Å². The van der Waals surface area contributed by atoms with Crippen LogP contribution in [-0.2, 0) is 0 Å². The Morgan fingerprint density at radius 1 is 1.56 bits per heavy atom. The predicted molar refractivity (Wildman–Crippen MR) is 66.4 cm³/mol. The number of nitrogens with zero attached hydrogens (tertiary/aromatic N) is 1. The fourth-order valence-corrected chi connectivity index (χ4v) is 1.23. The lowest BCUT2D eigenvalue weighted by atomic mass is 10.2. The number of guanidine groups is 1. The molecule has 16 heavy (non-hydrogen) atoms. The average molecular weight is 244 g/mol. The van der Waals surface area contributed by atoms with E-state index in [0.29, 0.717) is 12.5 Å². The van der Waals surface area contributed by atoms with Crippen LogP contribution >= 0.6 is 11.6 Å². The SMILES string of the molecule is CC(C)CN=C(N)Nc1cccc(Cl)c1F. The molecule has 1 rings (SSSR count). The minimum absolute atomic E-state index is 0.0571. The number of aliphatic imine (C=N–C) groups is 1. The lowest BCUT2D eigenvalue weighted by Crippen LogP contribution is -2.24. The summed E-state index contributed by atoms with van der Waals surface area (Å²) in [6.07, 6.45) is 0. The van der Waals surface area contributed by atoms with E-state index in [-0.39, 0.29) is 16.7 Å². The molecule has 0 radical (unpaired) electrons. The minimum atomic E-state index is -0.521. The molecular formula is C11H15ClFN3. The van der Waals surface area contributed by atoms with E-state index in [1.165, 1.54) is 6.07 Å². The fourth-order valence-electron chi connectivity index (χ4n) is 1.06. The van der Waals surface area contributed by atoms with E-state index in [1.807, 2.05) is 13.8 Å². The van der Waals surface area contributed by atoms with Crippen molar-refractivity contribution in [1.82, 2.24) is 0 Å². The Hall–Kier alpha value is -1.29. The van der Waals surface area contributed by atoms with Crippen molar-refractivity contribution in [2.75, 3.05) is 11.9 Å². The van der Waals surface area contributed by atoms with Crippen LogP contribution < -0.4 is 11.1 Å². The first-order valence-electron chi connectivity index (χ1n) is 5.01. The Labute approximate surface area is 99.5 Å². The van der Waals surface area contributed by atoms with Gasteiger partial charge < -0.3 is 11.1 Å². The van der Waals surface area contributed by atoms with Crippen LogP contribution in [0.4, 0.5) is 10.1 Å². The van der Waals surface area contributed by atoms with Crippen molar-refractivity contribution in [2.24, 2.45) is 16.6 Å². The average Bonchev–Trinajstić information content (AvgIpc) is 2.22. The molecule has 0 atom stereocenters. The monoisotopic (exact) mass is 243 g/mol. The zero-order chi connectivity index (χ0) is 12.1. The standard InChI is InChI=1S/C11H15ClFN3/c1-7(2)6-15-11(14)16-9-5-3-4-8(12)10(9)13/h3-5,7H,6H2,1-2H3,(H3,14,15,16). The Bertz CT molecular complexity index is 391. The van der Waals surface area contributed by atoms with Crippen LogP contribution in [-0.4, -0.2) is 12.5 Å². The lowest BCUT2D eigenvalue weighted by Gasteiger charge is -2.08. The predicted octanol–water partition coefficient (Wildman–Crippen LogP) is 2.86. The van der Waals surface area contributed by atoms with Crippen molar-refractivity contribution < 1.29 is 4.39 Å². The summed E-state index contributed by atoms with van der Waals surface area (Å²) in [5, 5.41) is 2.73. The number of nitrogens with two attached hydrogens (primary N) is 1. The van der Waals surface area contributed by atoms with Gasteiger partial charge in [0.1, 0.15) is 0 Å². The first-order valence-corrected chi connectivity index (χ1v) is 5.39. The molecule has 0 unspecified atom stereocenters. The third-order valence-electron chi connectivity index (χ3n) is 1.84. The van der Waals surface area contributed by atoms with E-state index in [2.05, 4.69) is 10.3 Å². The second-order valence-corrected chi connectivity index (χ2v) is 4.25. The highest BCUT2D eigenvalue weighted by molar-refractivity contribution is 6.31. The van der Waals surface area contributed by atoms with Gasteiger partial charge in [0.05, 0.1) is 10.7 Å². The van der Waals surface area contributed by atoms with Gasteiger partial charge in [-0.25, -0.2) is 4.39 Å². The molecule has 0 aliphatic rings. The van der Waals surface area contributed by atoms with Crippen LogP contribution in [0.3, 0.4) is 0 Å². The van der Waals surface area contributed by atoms with Gasteiger partial charge in [0, 0.05) is 6.54 Å². The van der Waals surface area contributed by atoms with E-state index >= 15 is 0 Å². The second-order valence-electron chi connectivity index (χ2n) is 3.85. The van der Waals surface area contributed by atoms with E-state index in [9.17, 15) is 4.39 Å². The van der Waals surface area contributed by atoms with E-state index in [0.717, 1.165) is 0 Å². The Morgan fingerprint density at radius 3 is 2.88 bits per heavy atom. The molecule has 1 aromatic rings. The summed E-state index contributed by atoms with van der Waals surface area (Å²) in [6, 6.07) is 4.67. The van der Waals surface area contributed by atoms with Crippen molar-refractivity contribution in [3.05, 3.63) is 29.0 Å². The Balaban J connectivity index is 2.73. The van der Waals surface area contributed by atoms with Gasteiger partial charge in [-0.15, -0.1) is 0 Å². The summed E-state index contributed by atoms with van der Waals surface area (Å²) in [5.41, 5.74) is 5.84. The highest BCUT2D eigenvalue weighted by Gasteiger charge is 2.06. The number of benzene rings is 1. The largest absolute Gasteiger partial charge is 0.370 e. The number of hydrogen-bond acceptors (Lipinski definition) is 1. The molecule has 1 aromatic carbocycles. The van der Waals surface area contributed by atoms with Gasteiger partial charge >= 0.3 is 0 Å². The van der Waals surface area contributed by atoms with Gasteiger partial charge in [0.15, 0.2) is 11.8 Å². The molecular weight excluding hydrogens is 229 g/mol. The Morgan fingerprint density at radius 2 is 2.25 bits per heavy atom. The molecule has 0 aliphatic heterocycles. The van der Waals surface area contributed by atoms with E-state index < -0.39 is 5.82 Å². The van der Waals surface area contributed by atoms with E-state index in [4.69, 9.17) is 17.3 Å². The Kier molecular flexibility index (Phi) is 4.55. The quantitative estimate of drug-likeness (QED) is 0.634. The van der Waals surface area contributed by atoms with Crippen molar-refractivity contribution in [3.63, 3.8) is 0 Å². The maximum absolute atomic E-state index is 13.5. The van der Waals surface area contributed by atoms with Crippen molar-refractivity contribution >= 4 is 23.2 Å². The molecule has 3 N–H and O–H groups in total. The second kappa shape index (κ2) is 5.70. The molecule has 3 nitrogen and oxygen atoms in total. The van der Waals surface area contributed by atoms with Crippen LogP contribution in [0.1, 0.15) is 13.8 Å². The summed E-state index contributed by atoms with van der Waals surface area (Å²) < 4.78 is 13.5. The number of hydrogen-bond donors (Lipinski definition) is 2. The van der Waals surface area contributed by atoms with Crippen LogP contribution in [0.15, 0.2) is 23.2 Å². The van der Waals surface area contributed by atoms with Crippen LogP contribution in [0.5, 0.6) is 0 Å². The van der Waals surface area contributed by atoms with Crippen molar-refractivity contribution in [1.29, 1.82) is 0 Å². The van der Waals surface area contributed by atoms with E-state index in [1.54, 1.807) is 12.1 Å². The van der Waals surface area contributed by atoms with Crippen LogP contribution in [0.2, 0.25) is 5.02 Å². The number of nitrogens with one attached hydrogen (secondary N) is 1. The zero-order valence-corrected chi connectivity index (χ0v) is 10.1. The summed E-state index contributed by atoms with van der Waals surface area (Å²) >= 11 is 5.63. The number of halogens is 2. The molecule has 0 fully saturated rings. The molecule has 88 valence electrons. The minimum Gasteiger partial charge on any atom is -0.370 e. The highest BCUT2D eigenvalue weighted by atomic mass is 35.5.